The Bertz CT molecular complexity index is 1060. The van der Waals surface area contributed by atoms with Gasteiger partial charge in [0.15, 0.2) is 0 Å². The molecule has 1 unspecified atom stereocenters. The number of nitrogens with one attached hydrogen (secondary N) is 2. The summed E-state index contributed by atoms with van der Waals surface area (Å²) in [6, 6.07) is 16.2. The van der Waals surface area contributed by atoms with Crippen LogP contribution in [0.2, 0.25) is 0 Å². The Balaban J connectivity index is 1.21. The number of aliphatic carboxylic acids is 1. The van der Waals surface area contributed by atoms with Crippen LogP contribution in [0.5, 0.6) is 0 Å². The minimum atomic E-state index is -1.54. The predicted octanol–water partition coefficient (Wildman–Crippen LogP) is 2.27. The third-order valence-corrected chi connectivity index (χ3v) is 6.44. The third-order valence-electron chi connectivity index (χ3n) is 6.44. The zero-order valence-electron chi connectivity index (χ0n) is 19.5. The maximum Gasteiger partial charge on any atom is 0.407 e. The summed E-state index contributed by atoms with van der Waals surface area (Å²) in [4.78, 5) is 35.5. The number of benzene rings is 2. The van der Waals surface area contributed by atoms with E-state index in [0.29, 0.717) is 6.42 Å². The van der Waals surface area contributed by atoms with Crippen molar-refractivity contribution in [2.45, 2.75) is 37.4 Å². The van der Waals surface area contributed by atoms with Gasteiger partial charge in [0.25, 0.3) is 0 Å². The third kappa shape index (κ3) is 5.98. The summed E-state index contributed by atoms with van der Waals surface area (Å²) in [5, 5.41) is 24.1. The molecule has 0 spiro atoms. The van der Waals surface area contributed by atoms with Crippen molar-refractivity contribution in [1.29, 1.82) is 0 Å². The van der Waals surface area contributed by atoms with E-state index in [1.807, 2.05) is 24.3 Å². The Morgan fingerprint density at radius 2 is 1.69 bits per heavy atom. The van der Waals surface area contributed by atoms with Gasteiger partial charge in [-0.25, -0.2) is 4.79 Å². The Morgan fingerprint density at radius 1 is 1.06 bits per heavy atom. The van der Waals surface area contributed by atoms with E-state index in [1.165, 1.54) is 6.92 Å². The van der Waals surface area contributed by atoms with Gasteiger partial charge in [0.05, 0.1) is 30.7 Å². The van der Waals surface area contributed by atoms with Gasteiger partial charge < -0.3 is 30.3 Å². The van der Waals surface area contributed by atoms with Crippen LogP contribution >= 0.6 is 0 Å². The lowest BCUT2D eigenvalue weighted by molar-refractivity contribution is -0.142. The highest BCUT2D eigenvalue weighted by atomic mass is 16.5. The van der Waals surface area contributed by atoms with Crippen molar-refractivity contribution < 1.29 is 34.1 Å². The van der Waals surface area contributed by atoms with Gasteiger partial charge in [0.2, 0.25) is 5.91 Å². The molecule has 0 saturated carbocycles. The molecule has 3 atom stereocenters. The minimum absolute atomic E-state index is 0.0257. The molecule has 1 fully saturated rings. The van der Waals surface area contributed by atoms with Crippen LogP contribution in [0.15, 0.2) is 48.5 Å². The number of aliphatic hydroxyl groups is 1. The summed E-state index contributed by atoms with van der Waals surface area (Å²) < 4.78 is 11.1. The lowest BCUT2D eigenvalue weighted by Gasteiger charge is -2.22. The molecule has 186 valence electrons. The summed E-state index contributed by atoms with van der Waals surface area (Å²) in [5.74, 6) is -1.93. The molecule has 2 aromatic carbocycles. The first kappa shape index (κ1) is 24.7. The van der Waals surface area contributed by atoms with E-state index < -0.39 is 30.0 Å². The lowest BCUT2D eigenvalue weighted by Crippen LogP contribution is -2.44. The van der Waals surface area contributed by atoms with E-state index in [4.69, 9.17) is 14.6 Å². The molecule has 2 amide bonds. The molecule has 2 aliphatic rings. The van der Waals surface area contributed by atoms with Crippen LogP contribution in [0.4, 0.5) is 4.79 Å². The number of fused-ring (bicyclic) bond motifs is 3. The second-order valence-corrected chi connectivity index (χ2v) is 9.38. The van der Waals surface area contributed by atoms with Gasteiger partial charge in [0, 0.05) is 19.0 Å². The Kier molecular flexibility index (Phi) is 7.37. The number of carboxylic acids is 1. The number of ether oxygens (including phenoxy) is 2. The molecular weight excluding hydrogens is 452 g/mol. The van der Waals surface area contributed by atoms with Gasteiger partial charge in [-0.15, -0.1) is 0 Å². The molecule has 1 saturated heterocycles. The fraction of sp³-hybridized carbons (Fsp3) is 0.423. The van der Waals surface area contributed by atoms with Crippen LogP contribution in [0.25, 0.3) is 11.1 Å². The molecule has 0 radical (unpaired) electrons. The van der Waals surface area contributed by atoms with Crippen molar-refractivity contribution >= 4 is 18.0 Å². The SMILES string of the molecule is CC(O)(CNC(=O)[C@@H]1CO[C@H](CNC(=O)OCC2c3ccccc3-c3ccccc32)C1)CC(=O)O. The van der Waals surface area contributed by atoms with E-state index in [1.54, 1.807) is 0 Å². The molecule has 1 aliphatic carbocycles. The second kappa shape index (κ2) is 10.5. The standard InChI is InChI=1S/C26H30N2O7/c1-26(33,11-23(29)30)15-28-24(31)16-10-17(34-13-16)12-27-25(32)35-14-22-20-8-4-2-6-18(20)19-7-3-5-9-21(19)22/h2-9,16-17,22,33H,10-15H2,1H3,(H,27,32)(H,28,31)(H,29,30)/t16-,17-,26?/m0/s1. The molecule has 9 heteroatoms. The van der Waals surface area contributed by atoms with E-state index in [-0.39, 0.29) is 44.2 Å². The molecule has 1 heterocycles. The van der Waals surface area contributed by atoms with Crippen molar-refractivity contribution in [2.75, 3.05) is 26.3 Å². The number of carboxylic acid groups (broad SMARTS) is 1. The largest absolute Gasteiger partial charge is 0.481 e. The zero-order valence-corrected chi connectivity index (χ0v) is 19.5. The fourth-order valence-electron chi connectivity index (χ4n) is 4.69. The van der Waals surface area contributed by atoms with E-state index in [2.05, 4.69) is 34.9 Å². The Labute approximate surface area is 203 Å². The molecule has 4 rings (SSSR count). The monoisotopic (exact) mass is 482 g/mol. The van der Waals surface area contributed by atoms with E-state index in [0.717, 1.165) is 22.3 Å². The highest BCUT2D eigenvalue weighted by molar-refractivity contribution is 5.80. The van der Waals surface area contributed by atoms with Crippen LogP contribution in [-0.4, -0.2) is 66.2 Å². The first-order chi connectivity index (χ1) is 16.7. The maximum atomic E-state index is 12.4. The topological polar surface area (TPSA) is 134 Å². The number of amides is 2. The molecule has 1 aliphatic heterocycles. The van der Waals surface area contributed by atoms with Crippen molar-refractivity contribution in [2.24, 2.45) is 5.92 Å². The van der Waals surface area contributed by atoms with Crippen LogP contribution < -0.4 is 10.6 Å². The molecule has 0 bridgehead atoms. The first-order valence-corrected chi connectivity index (χ1v) is 11.7. The highest BCUT2D eigenvalue weighted by Crippen LogP contribution is 2.44. The lowest BCUT2D eigenvalue weighted by atomic mass is 9.98. The molecule has 0 aromatic heterocycles. The summed E-state index contributed by atoms with van der Waals surface area (Å²) in [7, 11) is 0. The van der Waals surface area contributed by atoms with Crippen LogP contribution in [0.1, 0.15) is 36.8 Å². The summed E-state index contributed by atoms with van der Waals surface area (Å²) in [6.07, 6.45) is -0.962. The number of hydrogen-bond donors (Lipinski definition) is 4. The predicted molar refractivity (Wildman–Crippen MR) is 127 cm³/mol. The van der Waals surface area contributed by atoms with Crippen molar-refractivity contribution in [1.82, 2.24) is 10.6 Å². The fourth-order valence-corrected chi connectivity index (χ4v) is 4.69. The van der Waals surface area contributed by atoms with Crippen molar-refractivity contribution in [3.8, 4) is 11.1 Å². The van der Waals surface area contributed by atoms with Crippen molar-refractivity contribution in [3.63, 3.8) is 0 Å². The number of hydrogen-bond acceptors (Lipinski definition) is 6. The Morgan fingerprint density at radius 3 is 2.31 bits per heavy atom. The number of carbonyl (C=O) groups is 3. The van der Waals surface area contributed by atoms with Gasteiger partial charge in [-0.05, 0) is 35.6 Å². The van der Waals surface area contributed by atoms with Gasteiger partial charge in [-0.3, -0.25) is 9.59 Å². The highest BCUT2D eigenvalue weighted by Gasteiger charge is 2.33. The Hall–Kier alpha value is -3.43. The average molecular weight is 483 g/mol. The summed E-state index contributed by atoms with van der Waals surface area (Å²) >= 11 is 0. The van der Waals surface area contributed by atoms with E-state index in [9.17, 15) is 19.5 Å². The first-order valence-electron chi connectivity index (χ1n) is 11.7. The molecule has 9 nitrogen and oxygen atoms in total. The van der Waals surface area contributed by atoms with Crippen LogP contribution in [0, 0.1) is 5.92 Å². The van der Waals surface area contributed by atoms with Gasteiger partial charge >= 0.3 is 12.1 Å². The number of rotatable bonds is 9. The van der Waals surface area contributed by atoms with E-state index >= 15 is 0 Å². The molecule has 35 heavy (non-hydrogen) atoms. The zero-order chi connectivity index (χ0) is 25.0. The van der Waals surface area contributed by atoms with Gasteiger partial charge in [-0.2, -0.15) is 0 Å². The van der Waals surface area contributed by atoms with Crippen LogP contribution in [-0.2, 0) is 19.1 Å². The molecular formula is C26H30N2O7. The quantitative estimate of drug-likeness (QED) is 0.431. The molecule has 2 aromatic rings. The summed E-state index contributed by atoms with van der Waals surface area (Å²) in [5.41, 5.74) is 3.05. The summed E-state index contributed by atoms with van der Waals surface area (Å²) in [6.45, 7) is 1.79. The van der Waals surface area contributed by atoms with Gasteiger partial charge in [0.1, 0.15) is 6.61 Å². The smallest absolute Gasteiger partial charge is 0.407 e. The molecule has 4 N–H and O–H groups in total. The van der Waals surface area contributed by atoms with Crippen molar-refractivity contribution in [3.05, 3.63) is 59.7 Å². The minimum Gasteiger partial charge on any atom is -0.481 e. The maximum absolute atomic E-state index is 12.4. The number of carbonyl (C=O) groups excluding carboxylic acids is 2. The van der Waals surface area contributed by atoms with Crippen LogP contribution in [0.3, 0.4) is 0 Å². The number of alkyl carbamates (subject to hydrolysis) is 1. The second-order valence-electron chi connectivity index (χ2n) is 9.38. The average Bonchev–Trinajstić information content (AvgIpc) is 3.42. The van der Waals surface area contributed by atoms with Gasteiger partial charge in [-0.1, -0.05) is 48.5 Å². The normalized spacial score (nSPS) is 20.4.